The Morgan fingerprint density at radius 1 is 0.611 bits per heavy atom. The third kappa shape index (κ3) is 2.62. The zero-order chi connectivity index (χ0) is 11.5. The normalized spacial score (nSPS) is 9.78. The molecule has 0 aliphatic rings. The molecule has 0 saturated carbocycles. The van der Waals surface area contributed by atoms with Crippen LogP contribution in [0.1, 0.15) is 0 Å². The predicted octanol–water partition coefficient (Wildman–Crippen LogP) is 1.74. The van der Waals surface area contributed by atoms with Gasteiger partial charge in [-0.05, 0) is 0 Å². The topological polar surface area (TPSA) is 0 Å². The predicted molar refractivity (Wildman–Crippen MR) is 72.9 cm³/mol. The van der Waals surface area contributed by atoms with Gasteiger partial charge < -0.3 is 0 Å². The van der Waals surface area contributed by atoms with E-state index in [1.165, 1.54) is 22.3 Å². The molecule has 3 aromatic carbocycles. The van der Waals surface area contributed by atoms with Crippen molar-refractivity contribution in [2.45, 2.75) is 0 Å². The Morgan fingerprint density at radius 2 is 1.22 bits per heavy atom. The molecule has 0 aliphatic carbocycles. The van der Waals surface area contributed by atoms with Crippen molar-refractivity contribution in [1.82, 2.24) is 0 Å². The van der Waals surface area contributed by atoms with Gasteiger partial charge in [0.2, 0.25) is 0 Å². The Morgan fingerprint density at radius 3 is 1.89 bits per heavy atom. The maximum Gasteiger partial charge on any atom is 1.00 e. The van der Waals surface area contributed by atoms with Gasteiger partial charge >= 0.3 is 18.9 Å². The van der Waals surface area contributed by atoms with Gasteiger partial charge in [0.05, 0.1) is 0 Å². The zero-order valence-corrected chi connectivity index (χ0v) is 10.5. The molecule has 1 heteroatoms. The first kappa shape index (κ1) is 12.8. The van der Waals surface area contributed by atoms with E-state index in [0.29, 0.717) is 0 Å². The summed E-state index contributed by atoms with van der Waals surface area (Å²) in [5.41, 5.74) is 5.11. The van der Waals surface area contributed by atoms with Gasteiger partial charge in [-0.1, -0.05) is 59.7 Å². The molecule has 0 unspecified atom stereocenters. The van der Waals surface area contributed by atoms with Gasteiger partial charge in [0.15, 0.2) is 0 Å². The van der Waals surface area contributed by atoms with Crippen LogP contribution in [0.3, 0.4) is 0 Å². The number of rotatable bonds is 2. The fourth-order valence-electron chi connectivity index (χ4n) is 2.06. The van der Waals surface area contributed by atoms with Gasteiger partial charge in [0.1, 0.15) is 0 Å². The summed E-state index contributed by atoms with van der Waals surface area (Å²) in [6.45, 7) is 0. The minimum absolute atomic E-state index is 0. The second-order valence-corrected chi connectivity index (χ2v) is 4.12. The molecular weight excluding hydrogens is 211 g/mol. The number of hydrogen-bond acceptors (Lipinski definition) is 0. The van der Waals surface area contributed by atoms with Crippen molar-refractivity contribution >= 4 is 0 Å². The summed E-state index contributed by atoms with van der Waals surface area (Å²) in [6, 6.07) is 27.6. The minimum atomic E-state index is 0. The Kier molecular flexibility index (Phi) is 4.15. The summed E-state index contributed by atoms with van der Waals surface area (Å²) in [5.74, 6) is 0. The molecule has 3 aromatic rings. The van der Waals surface area contributed by atoms with Crippen LogP contribution < -0.4 is 18.9 Å². The van der Waals surface area contributed by atoms with E-state index in [2.05, 4.69) is 66.7 Å². The Balaban J connectivity index is 0.00000120. The fourth-order valence-corrected chi connectivity index (χ4v) is 2.06. The molecule has 0 N–H and O–H groups in total. The number of benzene rings is 2. The molecule has 0 saturated heterocycles. The first-order valence-electron chi connectivity index (χ1n) is 5.81. The van der Waals surface area contributed by atoms with Crippen LogP contribution in [0.15, 0.2) is 78.9 Å². The Bertz CT molecular complexity index is 540. The first-order chi connectivity index (χ1) is 8.43. The zero-order valence-electron chi connectivity index (χ0n) is 10.5. The average Bonchev–Trinajstić information content (AvgIpc) is 2.90. The van der Waals surface area contributed by atoms with Crippen LogP contribution in [0.4, 0.5) is 0 Å². The van der Waals surface area contributed by atoms with Crippen molar-refractivity contribution in [3.8, 4) is 22.3 Å². The molecule has 0 amide bonds. The molecule has 0 aromatic heterocycles. The fraction of sp³-hybridized carbons (Fsp3) is 0. The average molecular weight is 224 g/mol. The van der Waals surface area contributed by atoms with Gasteiger partial charge in [-0.25, -0.2) is 0 Å². The van der Waals surface area contributed by atoms with Crippen LogP contribution >= 0.6 is 0 Å². The summed E-state index contributed by atoms with van der Waals surface area (Å²) in [5, 5.41) is 0. The SMILES string of the molecule is [Li+].c1ccc(-c2cc[c-](-c3ccccc3)c2)cc1. The molecule has 0 heterocycles. The third-order valence-corrected chi connectivity index (χ3v) is 2.97. The standard InChI is InChI=1S/C17H13.Li/c1-3-7-14(8-4-1)16-11-12-17(13-16)15-9-5-2-6-10-15;/h1-13H;/q-1;+1. The summed E-state index contributed by atoms with van der Waals surface area (Å²) >= 11 is 0. The summed E-state index contributed by atoms with van der Waals surface area (Å²) in [7, 11) is 0. The van der Waals surface area contributed by atoms with Crippen LogP contribution in [0.25, 0.3) is 22.3 Å². The summed E-state index contributed by atoms with van der Waals surface area (Å²) in [6.07, 6.45) is 0. The van der Waals surface area contributed by atoms with Crippen molar-refractivity contribution < 1.29 is 18.9 Å². The van der Waals surface area contributed by atoms with Gasteiger partial charge in [0.25, 0.3) is 0 Å². The summed E-state index contributed by atoms with van der Waals surface area (Å²) in [4.78, 5) is 0. The molecule has 0 bridgehead atoms. The van der Waals surface area contributed by atoms with Gasteiger partial charge in [-0.2, -0.15) is 0 Å². The van der Waals surface area contributed by atoms with Gasteiger partial charge in [0, 0.05) is 0 Å². The summed E-state index contributed by atoms with van der Waals surface area (Å²) < 4.78 is 0. The van der Waals surface area contributed by atoms with Crippen LogP contribution in [0.2, 0.25) is 0 Å². The van der Waals surface area contributed by atoms with E-state index in [9.17, 15) is 0 Å². The Labute approximate surface area is 120 Å². The molecule has 18 heavy (non-hydrogen) atoms. The van der Waals surface area contributed by atoms with E-state index in [1.807, 2.05) is 12.1 Å². The van der Waals surface area contributed by atoms with E-state index in [1.54, 1.807) is 0 Å². The van der Waals surface area contributed by atoms with Gasteiger partial charge in [-0.15, -0.1) is 41.5 Å². The van der Waals surface area contributed by atoms with Gasteiger partial charge in [-0.3, -0.25) is 0 Å². The maximum atomic E-state index is 2.24. The molecule has 0 fully saturated rings. The Hall–Kier alpha value is -1.61. The van der Waals surface area contributed by atoms with Crippen molar-refractivity contribution in [3.63, 3.8) is 0 Å². The molecule has 3 rings (SSSR count). The van der Waals surface area contributed by atoms with E-state index in [4.69, 9.17) is 0 Å². The van der Waals surface area contributed by atoms with Crippen LogP contribution in [-0.2, 0) is 0 Å². The molecule has 0 spiro atoms. The molecule has 0 radical (unpaired) electrons. The molecule has 0 aliphatic heterocycles. The second-order valence-electron chi connectivity index (χ2n) is 4.12. The molecule has 82 valence electrons. The van der Waals surface area contributed by atoms with Crippen LogP contribution in [-0.4, -0.2) is 0 Å². The van der Waals surface area contributed by atoms with Crippen LogP contribution in [0, 0.1) is 0 Å². The maximum absolute atomic E-state index is 2.24. The molecular formula is C17H13Li. The van der Waals surface area contributed by atoms with Crippen molar-refractivity contribution in [3.05, 3.63) is 78.9 Å². The monoisotopic (exact) mass is 224 g/mol. The third-order valence-electron chi connectivity index (χ3n) is 2.97. The smallest absolute Gasteiger partial charge is 0.144 e. The van der Waals surface area contributed by atoms with Crippen LogP contribution in [0.5, 0.6) is 0 Å². The minimum Gasteiger partial charge on any atom is -0.144 e. The van der Waals surface area contributed by atoms with E-state index >= 15 is 0 Å². The first-order valence-corrected chi connectivity index (χ1v) is 5.81. The second kappa shape index (κ2) is 5.82. The van der Waals surface area contributed by atoms with Crippen molar-refractivity contribution in [1.29, 1.82) is 0 Å². The van der Waals surface area contributed by atoms with Crippen molar-refractivity contribution in [2.24, 2.45) is 0 Å². The van der Waals surface area contributed by atoms with E-state index in [0.717, 1.165) is 0 Å². The quantitative estimate of drug-likeness (QED) is 0.459. The van der Waals surface area contributed by atoms with E-state index in [-0.39, 0.29) is 18.9 Å². The van der Waals surface area contributed by atoms with Crippen molar-refractivity contribution in [2.75, 3.05) is 0 Å². The van der Waals surface area contributed by atoms with E-state index < -0.39 is 0 Å². The number of hydrogen-bond donors (Lipinski definition) is 0. The molecule has 0 atom stereocenters. The largest absolute Gasteiger partial charge is 1.00 e. The molecule has 0 nitrogen and oxygen atoms in total.